The molecule has 0 aliphatic carbocycles. The monoisotopic (exact) mass is 897 g/mol. The summed E-state index contributed by atoms with van der Waals surface area (Å²) in [6.45, 7) is 0. The molecule has 0 spiro atoms. The van der Waals surface area contributed by atoms with Crippen LogP contribution in [0.15, 0.2) is 132 Å². The van der Waals surface area contributed by atoms with Gasteiger partial charge < -0.3 is 12.4 Å². The number of hydrogen-bond donors (Lipinski definition) is 1. The molecule has 0 atom stereocenters. The number of benzene rings is 4. The molecule has 4 aromatic heterocycles. The van der Waals surface area contributed by atoms with Gasteiger partial charge in [-0.1, -0.05) is 88.0 Å². The number of halogens is 5. The molecule has 0 bridgehead atoms. The van der Waals surface area contributed by atoms with Crippen molar-refractivity contribution in [2.24, 2.45) is 0 Å². The lowest BCUT2D eigenvalue weighted by atomic mass is 10.2. The Hall–Kier alpha value is -2.96. The van der Waals surface area contributed by atoms with Gasteiger partial charge in [-0.25, -0.2) is 19.9 Å². The Morgan fingerprint density at radius 3 is 1.27 bits per heavy atom. The molecule has 11 heteroatoms. The second kappa shape index (κ2) is 14.4. The minimum atomic E-state index is 0. The summed E-state index contributed by atoms with van der Waals surface area (Å²) in [5, 5.41) is 4.91. The molecule has 0 aliphatic rings. The van der Waals surface area contributed by atoms with E-state index >= 15 is 0 Å². The molecule has 0 amide bonds. The van der Waals surface area contributed by atoms with Gasteiger partial charge in [-0.3, -0.25) is 4.57 Å². The highest BCUT2D eigenvalue weighted by molar-refractivity contribution is 9.11. The molecule has 4 aromatic carbocycles. The van der Waals surface area contributed by atoms with Gasteiger partial charge in [0.15, 0.2) is 4.73 Å². The molecule has 220 valence electrons. The second-order valence-electron chi connectivity index (χ2n) is 9.23. The molecule has 0 fully saturated rings. The average Bonchev–Trinajstić information content (AvgIpc) is 3.51. The molecule has 0 aliphatic heterocycles. The highest BCUT2D eigenvalue weighted by Crippen LogP contribution is 2.34. The van der Waals surface area contributed by atoms with Crippen molar-refractivity contribution in [3.63, 3.8) is 0 Å². The smallest absolute Gasteiger partial charge is 0.234 e. The largest absolute Gasteiger partial charge is 0.358 e. The average molecular weight is 902 g/mol. The molecule has 6 nitrogen and oxygen atoms in total. The Kier molecular flexibility index (Phi) is 10.6. The fourth-order valence-electron chi connectivity index (χ4n) is 4.72. The molecule has 0 saturated carbocycles. The molecule has 1 N–H and O–H groups in total. The van der Waals surface area contributed by atoms with Gasteiger partial charge in [0, 0.05) is 75.3 Å². The van der Waals surface area contributed by atoms with Crippen molar-refractivity contribution in [2.45, 2.75) is 0 Å². The zero-order valence-electron chi connectivity index (χ0n) is 23.0. The molecule has 0 unspecified atom stereocenters. The summed E-state index contributed by atoms with van der Waals surface area (Å²) in [4.78, 5) is 19.8. The molecular weight excluding hydrogens is 880 g/mol. The first kappa shape index (κ1) is 32.4. The van der Waals surface area contributed by atoms with Gasteiger partial charge in [-0.05, 0) is 76.6 Å². The summed E-state index contributed by atoms with van der Waals surface area (Å²) < 4.78 is 6.99. The summed E-state index contributed by atoms with van der Waals surface area (Å²) in [7, 11) is 0. The van der Waals surface area contributed by atoms with Crippen molar-refractivity contribution in [1.82, 2.24) is 29.5 Å². The number of hydrogen-bond acceptors (Lipinski definition) is 4. The topological polar surface area (TPSA) is 72.3 Å². The summed E-state index contributed by atoms with van der Waals surface area (Å²) in [6.07, 6.45) is 6.88. The van der Waals surface area contributed by atoms with Crippen LogP contribution in [0.5, 0.6) is 0 Å². The molecule has 0 saturated heterocycles. The lowest BCUT2D eigenvalue weighted by molar-refractivity contribution is 0.988. The summed E-state index contributed by atoms with van der Waals surface area (Å²) >= 11 is 17.1. The zero-order chi connectivity index (χ0) is 29.9. The SMILES string of the molecule is Brc1ccc2c(c1)[nH]c1cc(Br)ccc12.Brc1ccc2c3ccc(Br)cc3n(-c3ncccn3)c2c1.Brc1ncccn1.[CH3-]. The number of nitrogens with zero attached hydrogens (tertiary/aromatic N) is 5. The lowest BCUT2D eigenvalue weighted by Gasteiger charge is -2.05. The number of aromatic nitrogens is 6. The van der Waals surface area contributed by atoms with Crippen molar-refractivity contribution >= 4 is 123 Å². The fourth-order valence-corrected chi connectivity index (χ4v) is 6.38. The highest BCUT2D eigenvalue weighted by atomic mass is 79.9. The van der Waals surface area contributed by atoms with Gasteiger partial charge in [0.25, 0.3) is 0 Å². The number of rotatable bonds is 1. The van der Waals surface area contributed by atoms with E-state index in [9.17, 15) is 0 Å². The first-order chi connectivity index (χ1) is 20.9. The maximum Gasteiger partial charge on any atom is 0.234 e. The minimum Gasteiger partial charge on any atom is -0.358 e. The van der Waals surface area contributed by atoms with Gasteiger partial charge in [-0.15, -0.1) is 0 Å². The van der Waals surface area contributed by atoms with Crippen LogP contribution in [0.1, 0.15) is 0 Å². The third-order valence-electron chi connectivity index (χ3n) is 6.50. The molecule has 44 heavy (non-hydrogen) atoms. The predicted octanol–water partition coefficient (Wildman–Crippen LogP) is 11.6. The van der Waals surface area contributed by atoms with Crippen LogP contribution < -0.4 is 0 Å². The van der Waals surface area contributed by atoms with E-state index in [0.29, 0.717) is 10.7 Å². The first-order valence-corrected chi connectivity index (χ1v) is 16.8. The maximum atomic E-state index is 4.40. The van der Waals surface area contributed by atoms with E-state index in [1.54, 1.807) is 30.9 Å². The summed E-state index contributed by atoms with van der Waals surface area (Å²) in [5.41, 5.74) is 4.50. The van der Waals surface area contributed by atoms with Crippen molar-refractivity contribution in [3.8, 4) is 5.95 Å². The minimum absolute atomic E-state index is 0. The Labute approximate surface area is 296 Å². The number of H-pyrrole nitrogens is 1. The van der Waals surface area contributed by atoms with Crippen LogP contribution in [0.3, 0.4) is 0 Å². The maximum absolute atomic E-state index is 4.40. The van der Waals surface area contributed by atoms with Crippen LogP contribution in [-0.2, 0) is 0 Å². The number of nitrogens with one attached hydrogen (secondary N) is 1. The van der Waals surface area contributed by atoms with E-state index in [4.69, 9.17) is 0 Å². The zero-order valence-corrected chi connectivity index (χ0v) is 30.9. The summed E-state index contributed by atoms with van der Waals surface area (Å²) in [6, 6.07) is 28.7. The van der Waals surface area contributed by atoms with Crippen LogP contribution in [0.2, 0.25) is 0 Å². The predicted molar refractivity (Wildman–Crippen MR) is 199 cm³/mol. The second-order valence-corrected chi connectivity index (χ2v) is 13.6. The Bertz CT molecular complexity index is 2080. The third kappa shape index (κ3) is 7.13. The molecule has 0 radical (unpaired) electrons. The van der Waals surface area contributed by atoms with Crippen molar-refractivity contribution in [1.29, 1.82) is 0 Å². The van der Waals surface area contributed by atoms with E-state index in [2.05, 4.69) is 182 Å². The molecular formula is C33H22Br5N6-. The fraction of sp³-hybridized carbons (Fsp3) is 0. The standard InChI is InChI=1S/C16H9Br2N3.C12H7Br2N.C4H3BrN2.CH3/c17-10-2-4-12-13-5-3-11(18)9-15(13)21(14(12)8-10)16-19-6-1-7-20-16;13-7-1-3-9-10-4-2-8(14)6-12(10)15-11(9)5-7;5-4-6-2-1-3-7-4;/h1-9H;1-6,15H;1-3H;1H3/q;;;-1. The van der Waals surface area contributed by atoms with Crippen molar-refractivity contribution in [3.05, 3.63) is 140 Å². The number of aromatic amines is 1. The van der Waals surface area contributed by atoms with E-state index in [-0.39, 0.29) is 7.43 Å². The van der Waals surface area contributed by atoms with Gasteiger partial charge in [0.05, 0.1) is 11.0 Å². The van der Waals surface area contributed by atoms with Crippen molar-refractivity contribution in [2.75, 3.05) is 0 Å². The van der Waals surface area contributed by atoms with Crippen LogP contribution in [0.25, 0.3) is 49.6 Å². The van der Waals surface area contributed by atoms with E-state index in [0.717, 1.165) is 40.0 Å². The van der Waals surface area contributed by atoms with Gasteiger partial charge in [-0.2, -0.15) is 0 Å². The Morgan fingerprint density at radius 1 is 0.477 bits per heavy atom. The van der Waals surface area contributed by atoms with Gasteiger partial charge >= 0.3 is 0 Å². The van der Waals surface area contributed by atoms with Gasteiger partial charge in [0.2, 0.25) is 5.95 Å². The van der Waals surface area contributed by atoms with Crippen LogP contribution in [0, 0.1) is 7.43 Å². The van der Waals surface area contributed by atoms with Crippen LogP contribution in [0.4, 0.5) is 0 Å². The molecule has 8 aromatic rings. The molecule has 4 heterocycles. The quantitative estimate of drug-likeness (QED) is 0.132. The van der Waals surface area contributed by atoms with E-state index in [1.807, 2.05) is 6.07 Å². The highest BCUT2D eigenvalue weighted by Gasteiger charge is 2.14. The third-order valence-corrected chi connectivity index (χ3v) is 8.88. The van der Waals surface area contributed by atoms with Crippen molar-refractivity contribution < 1.29 is 0 Å². The van der Waals surface area contributed by atoms with E-state index in [1.165, 1.54) is 21.5 Å². The first-order valence-electron chi connectivity index (χ1n) is 12.8. The van der Waals surface area contributed by atoms with Crippen LogP contribution in [-0.4, -0.2) is 29.5 Å². The lowest BCUT2D eigenvalue weighted by Crippen LogP contribution is -1.99. The Morgan fingerprint density at radius 2 is 0.864 bits per heavy atom. The Balaban J connectivity index is 0.000000146. The van der Waals surface area contributed by atoms with E-state index < -0.39 is 0 Å². The molecule has 8 rings (SSSR count). The van der Waals surface area contributed by atoms with Gasteiger partial charge in [0.1, 0.15) is 0 Å². The number of fused-ring (bicyclic) bond motifs is 6. The summed E-state index contributed by atoms with van der Waals surface area (Å²) in [5.74, 6) is 0.675. The normalized spacial score (nSPS) is 10.7. The van der Waals surface area contributed by atoms with Crippen LogP contribution >= 0.6 is 79.6 Å².